The summed E-state index contributed by atoms with van der Waals surface area (Å²) in [5.74, 6) is -1.10. The van der Waals surface area contributed by atoms with E-state index in [2.05, 4.69) is 15.3 Å². The molecular weight excluding hydrogens is 359 g/mol. The van der Waals surface area contributed by atoms with Crippen LogP contribution in [0, 0.1) is 10.6 Å². The van der Waals surface area contributed by atoms with Crippen LogP contribution in [0.1, 0.15) is 5.56 Å². The van der Waals surface area contributed by atoms with Crippen molar-refractivity contribution in [2.24, 2.45) is 5.10 Å². The quantitative estimate of drug-likeness (QED) is 0.526. The number of carbonyl (C=O) groups is 1. The monoisotopic (exact) mass is 371 g/mol. The molecule has 1 N–H and O–H groups in total. The number of hydrogen-bond acceptors (Lipinski definition) is 6. The van der Waals surface area contributed by atoms with Gasteiger partial charge in [-0.2, -0.15) is 14.9 Å². The summed E-state index contributed by atoms with van der Waals surface area (Å²) in [7, 11) is 0. The Hall–Kier alpha value is -3.33. The molecule has 0 saturated heterocycles. The number of carbonyl (C=O) groups excluding carboxylic acids is 1. The number of carboxylic acid groups (broad SMARTS) is 1. The van der Waals surface area contributed by atoms with Crippen LogP contribution in [0.3, 0.4) is 0 Å². The molecule has 0 amide bonds. The molecule has 0 aliphatic carbocycles. The predicted octanol–water partition coefficient (Wildman–Crippen LogP) is 1.76. The topological polar surface area (TPSA) is 95.3 Å². The zero-order chi connectivity index (χ0) is 18.5. The SMILES string of the molecule is O=C([O-])COc1ccc(/C=N\n2c(-c3ccccc3F)n[nH]c2=S)cc1. The molecule has 3 rings (SSSR count). The van der Waals surface area contributed by atoms with Gasteiger partial charge in [0, 0.05) is 0 Å². The fraction of sp³-hybridized carbons (Fsp3) is 0.0588. The van der Waals surface area contributed by atoms with Crippen molar-refractivity contribution in [2.75, 3.05) is 6.61 Å². The summed E-state index contributed by atoms with van der Waals surface area (Å²) in [6.45, 7) is -0.524. The highest BCUT2D eigenvalue weighted by atomic mass is 32.1. The summed E-state index contributed by atoms with van der Waals surface area (Å²) in [5.41, 5.74) is 0.969. The summed E-state index contributed by atoms with van der Waals surface area (Å²) < 4.78 is 20.5. The molecule has 0 spiro atoms. The number of benzene rings is 2. The molecule has 7 nitrogen and oxygen atoms in total. The Kier molecular flexibility index (Phi) is 5.18. The van der Waals surface area contributed by atoms with Gasteiger partial charge >= 0.3 is 0 Å². The fourth-order valence-electron chi connectivity index (χ4n) is 2.13. The maximum atomic E-state index is 14.0. The van der Waals surface area contributed by atoms with Gasteiger partial charge in [0.15, 0.2) is 5.82 Å². The van der Waals surface area contributed by atoms with E-state index in [-0.39, 0.29) is 16.2 Å². The van der Waals surface area contributed by atoms with Crippen LogP contribution in [-0.2, 0) is 4.79 Å². The summed E-state index contributed by atoms with van der Waals surface area (Å²) in [6.07, 6.45) is 1.51. The van der Waals surface area contributed by atoms with Gasteiger partial charge in [-0.05, 0) is 54.2 Å². The molecule has 0 aliphatic heterocycles. The number of nitrogens with zero attached hydrogens (tertiary/aromatic N) is 3. The van der Waals surface area contributed by atoms with Crippen LogP contribution < -0.4 is 9.84 Å². The molecule has 2 aromatic carbocycles. The molecule has 26 heavy (non-hydrogen) atoms. The number of H-pyrrole nitrogens is 1. The lowest BCUT2D eigenvalue weighted by atomic mass is 10.2. The van der Waals surface area contributed by atoms with E-state index >= 15 is 0 Å². The number of halogens is 1. The third-order valence-electron chi connectivity index (χ3n) is 3.32. The lowest BCUT2D eigenvalue weighted by Gasteiger charge is -2.06. The molecule has 0 saturated carbocycles. The van der Waals surface area contributed by atoms with Crippen molar-refractivity contribution in [3.63, 3.8) is 0 Å². The van der Waals surface area contributed by atoms with Crippen LogP contribution in [0.4, 0.5) is 4.39 Å². The van der Waals surface area contributed by atoms with Crippen molar-refractivity contribution < 1.29 is 19.0 Å². The smallest absolute Gasteiger partial charge is 0.216 e. The third kappa shape index (κ3) is 4.01. The van der Waals surface area contributed by atoms with Crippen molar-refractivity contribution >= 4 is 24.4 Å². The van der Waals surface area contributed by atoms with Crippen LogP contribution in [0.2, 0.25) is 0 Å². The Bertz CT molecular complexity index is 1010. The van der Waals surface area contributed by atoms with Crippen molar-refractivity contribution in [1.29, 1.82) is 0 Å². The molecule has 0 fully saturated rings. The highest BCUT2D eigenvalue weighted by Crippen LogP contribution is 2.20. The highest BCUT2D eigenvalue weighted by Gasteiger charge is 2.12. The van der Waals surface area contributed by atoms with Crippen molar-refractivity contribution in [3.8, 4) is 17.1 Å². The molecule has 3 aromatic rings. The van der Waals surface area contributed by atoms with Crippen LogP contribution in [0.5, 0.6) is 5.75 Å². The first kappa shape index (κ1) is 17.5. The van der Waals surface area contributed by atoms with Crippen LogP contribution >= 0.6 is 12.2 Å². The molecule has 0 radical (unpaired) electrons. The van der Waals surface area contributed by atoms with Gasteiger partial charge in [-0.25, -0.2) is 9.49 Å². The molecule has 0 bridgehead atoms. The minimum atomic E-state index is -1.30. The molecule has 0 unspecified atom stereocenters. The Balaban J connectivity index is 1.83. The van der Waals surface area contributed by atoms with Gasteiger partial charge in [0.1, 0.15) is 18.2 Å². The van der Waals surface area contributed by atoms with Gasteiger partial charge in [0.2, 0.25) is 4.77 Å². The average molecular weight is 371 g/mol. The fourth-order valence-corrected chi connectivity index (χ4v) is 2.31. The lowest BCUT2D eigenvalue weighted by Crippen LogP contribution is -2.28. The van der Waals surface area contributed by atoms with Gasteiger partial charge in [-0.3, -0.25) is 0 Å². The van der Waals surface area contributed by atoms with Crippen LogP contribution in [0.25, 0.3) is 11.4 Å². The Morgan fingerprint density at radius 2 is 2.04 bits per heavy atom. The second kappa shape index (κ2) is 7.70. The Labute approximate surface area is 152 Å². The molecule has 0 atom stereocenters. The number of aliphatic carboxylic acids is 1. The summed E-state index contributed by atoms with van der Waals surface area (Å²) in [6, 6.07) is 12.7. The maximum Gasteiger partial charge on any atom is 0.216 e. The van der Waals surface area contributed by atoms with Crippen molar-refractivity contribution in [3.05, 3.63) is 64.7 Å². The van der Waals surface area contributed by atoms with E-state index in [4.69, 9.17) is 17.0 Å². The second-order valence-corrected chi connectivity index (χ2v) is 5.51. The Morgan fingerprint density at radius 1 is 1.31 bits per heavy atom. The van der Waals surface area contributed by atoms with E-state index < -0.39 is 18.4 Å². The zero-order valence-corrected chi connectivity index (χ0v) is 14.1. The maximum absolute atomic E-state index is 14.0. The summed E-state index contributed by atoms with van der Waals surface area (Å²) in [4.78, 5) is 10.4. The Morgan fingerprint density at radius 3 is 2.73 bits per heavy atom. The number of carboxylic acids is 1. The van der Waals surface area contributed by atoms with Gasteiger partial charge in [0.05, 0.1) is 17.7 Å². The van der Waals surface area contributed by atoms with Crippen LogP contribution in [0.15, 0.2) is 53.6 Å². The molecule has 1 aromatic heterocycles. The standard InChI is InChI=1S/C17H13FN4O3S/c18-14-4-2-1-3-13(14)16-20-21-17(26)22(16)19-9-11-5-7-12(8-6-11)25-10-15(23)24/h1-9H,10H2,(H,21,26)(H,23,24)/p-1/b19-9-. The van der Waals surface area contributed by atoms with Crippen molar-refractivity contribution in [2.45, 2.75) is 0 Å². The summed E-state index contributed by atoms with van der Waals surface area (Å²) in [5, 5.41) is 21.2. The highest BCUT2D eigenvalue weighted by molar-refractivity contribution is 7.71. The minimum Gasteiger partial charge on any atom is -0.546 e. The van der Waals surface area contributed by atoms with Crippen LogP contribution in [-0.4, -0.2) is 33.7 Å². The van der Waals surface area contributed by atoms with Gasteiger partial charge in [-0.15, -0.1) is 0 Å². The number of nitrogens with one attached hydrogen (secondary N) is 1. The predicted molar refractivity (Wildman–Crippen MR) is 92.7 cm³/mol. The number of aromatic amines is 1. The number of hydrogen-bond donors (Lipinski definition) is 1. The first-order chi connectivity index (χ1) is 12.5. The molecule has 132 valence electrons. The third-order valence-corrected chi connectivity index (χ3v) is 3.59. The first-order valence-electron chi connectivity index (χ1n) is 7.44. The number of aromatic nitrogens is 3. The molecule has 1 heterocycles. The normalized spacial score (nSPS) is 11.0. The van der Waals surface area contributed by atoms with E-state index in [1.165, 1.54) is 17.0 Å². The van der Waals surface area contributed by atoms with E-state index in [1.54, 1.807) is 42.5 Å². The van der Waals surface area contributed by atoms with E-state index in [1.807, 2.05) is 0 Å². The van der Waals surface area contributed by atoms with Crippen molar-refractivity contribution in [1.82, 2.24) is 14.9 Å². The van der Waals surface area contributed by atoms with E-state index in [0.29, 0.717) is 11.3 Å². The van der Waals surface area contributed by atoms with Gasteiger partial charge in [0.25, 0.3) is 0 Å². The summed E-state index contributed by atoms with van der Waals surface area (Å²) >= 11 is 5.14. The van der Waals surface area contributed by atoms with Gasteiger partial charge in [-0.1, -0.05) is 12.1 Å². The van der Waals surface area contributed by atoms with Gasteiger partial charge < -0.3 is 14.6 Å². The van der Waals surface area contributed by atoms with E-state index in [9.17, 15) is 14.3 Å². The average Bonchev–Trinajstić information content (AvgIpc) is 3.00. The molecule has 0 aliphatic rings. The first-order valence-corrected chi connectivity index (χ1v) is 7.85. The van der Waals surface area contributed by atoms with E-state index in [0.717, 1.165) is 0 Å². The number of rotatable bonds is 6. The largest absolute Gasteiger partial charge is 0.546 e. The minimum absolute atomic E-state index is 0.216. The zero-order valence-electron chi connectivity index (χ0n) is 13.3. The number of ether oxygens (including phenoxy) is 1. The second-order valence-electron chi connectivity index (χ2n) is 5.12. The molecular formula is C17H12FN4O3S-. The lowest BCUT2D eigenvalue weighted by molar-refractivity contribution is -0.307. The molecule has 9 heteroatoms.